The summed E-state index contributed by atoms with van der Waals surface area (Å²) in [4.78, 5) is 29.6. The van der Waals surface area contributed by atoms with Gasteiger partial charge in [-0.3, -0.25) is 14.6 Å². The lowest BCUT2D eigenvalue weighted by atomic mass is 9.86. The van der Waals surface area contributed by atoms with Gasteiger partial charge in [-0.15, -0.1) is 0 Å². The molecule has 2 aromatic rings. The first-order valence-electron chi connectivity index (χ1n) is 9.51. The van der Waals surface area contributed by atoms with Gasteiger partial charge in [0.1, 0.15) is 5.54 Å². The summed E-state index contributed by atoms with van der Waals surface area (Å²) in [6.07, 6.45) is 6.50. The summed E-state index contributed by atoms with van der Waals surface area (Å²) in [7, 11) is 0. The third-order valence-corrected chi connectivity index (χ3v) is 5.19. The first-order valence-corrected chi connectivity index (χ1v) is 9.51. The second-order valence-corrected chi connectivity index (χ2v) is 7.25. The molecule has 0 aliphatic carbocycles. The molecule has 0 spiro atoms. The molecule has 2 aliphatic rings. The van der Waals surface area contributed by atoms with Crippen LogP contribution in [0.5, 0.6) is 11.5 Å². The zero-order chi connectivity index (χ0) is 19.4. The number of amides is 2. The van der Waals surface area contributed by atoms with Gasteiger partial charge in [-0.25, -0.2) is 0 Å². The Morgan fingerprint density at radius 2 is 2.07 bits per heavy atom. The van der Waals surface area contributed by atoms with Gasteiger partial charge in [-0.05, 0) is 42.2 Å². The predicted octanol–water partition coefficient (Wildman–Crippen LogP) is 2.10. The van der Waals surface area contributed by atoms with Crippen molar-refractivity contribution < 1.29 is 19.1 Å². The number of hydrogen-bond acceptors (Lipinski definition) is 5. The number of ether oxygens (including phenoxy) is 2. The van der Waals surface area contributed by atoms with Gasteiger partial charge in [0.25, 0.3) is 0 Å². The van der Waals surface area contributed by atoms with Crippen LogP contribution < -0.4 is 20.1 Å². The van der Waals surface area contributed by atoms with E-state index in [0.29, 0.717) is 37.3 Å². The fraction of sp³-hybridized carbons (Fsp3) is 0.381. The molecule has 1 atom stereocenters. The third kappa shape index (κ3) is 3.93. The van der Waals surface area contributed by atoms with Crippen molar-refractivity contribution in [1.82, 2.24) is 15.6 Å². The second-order valence-electron chi connectivity index (χ2n) is 7.25. The van der Waals surface area contributed by atoms with E-state index in [0.717, 1.165) is 24.0 Å². The average molecular weight is 381 g/mol. The molecule has 1 saturated heterocycles. The van der Waals surface area contributed by atoms with Gasteiger partial charge in [0.2, 0.25) is 18.6 Å². The van der Waals surface area contributed by atoms with Crippen LogP contribution >= 0.6 is 0 Å². The van der Waals surface area contributed by atoms with Crippen LogP contribution in [-0.4, -0.2) is 29.1 Å². The quantitative estimate of drug-likeness (QED) is 0.828. The standard InChI is InChI=1S/C21H23N3O4/c25-19-5-1-2-8-21(24-19,11-16-4-3-9-22-12-16)20(26)23-13-15-6-7-17-18(10-15)28-14-27-17/h3-4,6-7,9-10,12H,1-2,5,8,11,13-14H2,(H,23,26)(H,24,25). The highest BCUT2D eigenvalue weighted by atomic mass is 16.7. The maximum Gasteiger partial charge on any atom is 0.246 e. The van der Waals surface area contributed by atoms with E-state index in [4.69, 9.17) is 9.47 Å². The van der Waals surface area contributed by atoms with Crippen molar-refractivity contribution >= 4 is 11.8 Å². The van der Waals surface area contributed by atoms with Crippen molar-refractivity contribution in [3.05, 3.63) is 53.9 Å². The Hall–Kier alpha value is -3.09. The minimum absolute atomic E-state index is 0.0837. The van der Waals surface area contributed by atoms with Crippen LogP contribution in [0.3, 0.4) is 0 Å². The molecule has 2 amide bonds. The molecule has 2 N–H and O–H groups in total. The largest absolute Gasteiger partial charge is 0.454 e. The van der Waals surface area contributed by atoms with Gasteiger partial charge in [0, 0.05) is 31.8 Å². The van der Waals surface area contributed by atoms with Gasteiger partial charge < -0.3 is 20.1 Å². The highest BCUT2D eigenvalue weighted by Crippen LogP contribution is 2.32. The summed E-state index contributed by atoms with van der Waals surface area (Å²) in [5, 5.41) is 5.99. The Balaban J connectivity index is 1.51. The van der Waals surface area contributed by atoms with E-state index in [1.165, 1.54) is 0 Å². The maximum absolute atomic E-state index is 13.2. The van der Waals surface area contributed by atoms with E-state index in [-0.39, 0.29) is 18.6 Å². The number of rotatable bonds is 5. The molecule has 1 aromatic heterocycles. The SMILES string of the molecule is O=C1CCCCC(Cc2cccnc2)(C(=O)NCc2ccc3c(c2)OCO3)N1. The molecule has 1 fully saturated rings. The van der Waals surface area contributed by atoms with Crippen LogP contribution in [0.1, 0.15) is 36.8 Å². The van der Waals surface area contributed by atoms with Gasteiger partial charge in [0.15, 0.2) is 11.5 Å². The summed E-state index contributed by atoms with van der Waals surface area (Å²) < 4.78 is 10.7. The molecule has 3 heterocycles. The molecular formula is C21H23N3O4. The van der Waals surface area contributed by atoms with Gasteiger partial charge in [-0.1, -0.05) is 18.6 Å². The number of aromatic nitrogens is 1. The fourth-order valence-corrected chi connectivity index (χ4v) is 3.74. The molecule has 7 heteroatoms. The molecule has 2 aliphatic heterocycles. The second kappa shape index (κ2) is 7.88. The lowest BCUT2D eigenvalue weighted by molar-refractivity contribution is -0.133. The number of pyridine rings is 1. The van der Waals surface area contributed by atoms with Crippen LogP contribution in [0, 0.1) is 0 Å². The lowest BCUT2D eigenvalue weighted by Crippen LogP contribution is -2.59. The molecule has 4 rings (SSSR count). The Labute approximate surface area is 163 Å². The first-order chi connectivity index (χ1) is 13.6. The van der Waals surface area contributed by atoms with E-state index in [2.05, 4.69) is 15.6 Å². The Bertz CT molecular complexity index is 871. The van der Waals surface area contributed by atoms with E-state index >= 15 is 0 Å². The molecule has 28 heavy (non-hydrogen) atoms. The molecular weight excluding hydrogens is 358 g/mol. The third-order valence-electron chi connectivity index (χ3n) is 5.19. The summed E-state index contributed by atoms with van der Waals surface area (Å²) >= 11 is 0. The summed E-state index contributed by atoms with van der Waals surface area (Å²) in [6.45, 7) is 0.561. The predicted molar refractivity (Wildman–Crippen MR) is 102 cm³/mol. The van der Waals surface area contributed by atoms with E-state index in [1.54, 1.807) is 12.4 Å². The summed E-state index contributed by atoms with van der Waals surface area (Å²) in [6, 6.07) is 9.36. The number of hydrogen-bond donors (Lipinski definition) is 2. The van der Waals surface area contributed by atoms with Crippen molar-refractivity contribution in [3.8, 4) is 11.5 Å². The van der Waals surface area contributed by atoms with E-state index in [1.807, 2.05) is 30.3 Å². The van der Waals surface area contributed by atoms with E-state index in [9.17, 15) is 9.59 Å². The summed E-state index contributed by atoms with van der Waals surface area (Å²) in [5.41, 5.74) is 0.865. The molecule has 1 aromatic carbocycles. The smallest absolute Gasteiger partial charge is 0.246 e. The molecule has 0 radical (unpaired) electrons. The number of nitrogens with zero attached hydrogens (tertiary/aromatic N) is 1. The van der Waals surface area contributed by atoms with Crippen LogP contribution in [0.2, 0.25) is 0 Å². The molecule has 146 valence electrons. The minimum Gasteiger partial charge on any atom is -0.454 e. The fourth-order valence-electron chi connectivity index (χ4n) is 3.74. The summed E-state index contributed by atoms with van der Waals surface area (Å²) in [5.74, 6) is 1.13. The van der Waals surface area contributed by atoms with Gasteiger partial charge in [0.05, 0.1) is 0 Å². The Morgan fingerprint density at radius 1 is 1.18 bits per heavy atom. The van der Waals surface area contributed by atoms with Crippen LogP contribution in [0.15, 0.2) is 42.7 Å². The molecule has 0 bridgehead atoms. The Kier molecular flexibility index (Phi) is 5.14. The number of benzene rings is 1. The van der Waals surface area contributed by atoms with Crippen molar-refractivity contribution in [1.29, 1.82) is 0 Å². The van der Waals surface area contributed by atoms with Crippen LogP contribution in [0.25, 0.3) is 0 Å². The first kappa shape index (κ1) is 18.3. The monoisotopic (exact) mass is 381 g/mol. The zero-order valence-electron chi connectivity index (χ0n) is 15.6. The molecule has 7 nitrogen and oxygen atoms in total. The zero-order valence-corrected chi connectivity index (χ0v) is 15.6. The minimum atomic E-state index is -0.965. The molecule has 1 unspecified atom stereocenters. The van der Waals surface area contributed by atoms with Crippen molar-refractivity contribution in [2.24, 2.45) is 0 Å². The van der Waals surface area contributed by atoms with Crippen molar-refractivity contribution in [3.63, 3.8) is 0 Å². The van der Waals surface area contributed by atoms with Crippen molar-refractivity contribution in [2.45, 2.75) is 44.2 Å². The van der Waals surface area contributed by atoms with Crippen LogP contribution in [-0.2, 0) is 22.6 Å². The number of carbonyl (C=O) groups is 2. The van der Waals surface area contributed by atoms with Crippen molar-refractivity contribution in [2.75, 3.05) is 6.79 Å². The lowest BCUT2D eigenvalue weighted by Gasteiger charge is -2.32. The maximum atomic E-state index is 13.2. The normalized spacial score (nSPS) is 20.9. The topological polar surface area (TPSA) is 89.6 Å². The number of carbonyl (C=O) groups excluding carboxylic acids is 2. The molecule has 0 saturated carbocycles. The number of fused-ring (bicyclic) bond motifs is 1. The van der Waals surface area contributed by atoms with Gasteiger partial charge in [-0.2, -0.15) is 0 Å². The average Bonchev–Trinajstić information content (AvgIpc) is 3.09. The van der Waals surface area contributed by atoms with Gasteiger partial charge >= 0.3 is 0 Å². The van der Waals surface area contributed by atoms with E-state index < -0.39 is 5.54 Å². The highest BCUT2D eigenvalue weighted by Gasteiger charge is 2.40. The highest BCUT2D eigenvalue weighted by molar-refractivity contribution is 5.92. The van der Waals surface area contributed by atoms with Crippen LogP contribution in [0.4, 0.5) is 0 Å². The Morgan fingerprint density at radius 3 is 2.93 bits per heavy atom. The number of nitrogens with one attached hydrogen (secondary N) is 2.